The van der Waals surface area contributed by atoms with E-state index in [0.29, 0.717) is 6.42 Å². The quantitative estimate of drug-likeness (QED) is 0.641. The Morgan fingerprint density at radius 1 is 1.62 bits per heavy atom. The second-order valence-electron chi connectivity index (χ2n) is 3.49. The predicted octanol–water partition coefficient (Wildman–Crippen LogP) is 0.527. The summed E-state index contributed by atoms with van der Waals surface area (Å²) >= 11 is 0. The van der Waals surface area contributed by atoms with Crippen molar-refractivity contribution in [2.24, 2.45) is 11.8 Å². The van der Waals surface area contributed by atoms with Crippen LogP contribution in [0.1, 0.15) is 6.42 Å². The number of carbonyl (C=O) groups is 1. The van der Waals surface area contributed by atoms with Crippen LogP contribution in [0.2, 0.25) is 0 Å². The fourth-order valence-corrected chi connectivity index (χ4v) is 2.33. The summed E-state index contributed by atoms with van der Waals surface area (Å²) in [6.07, 6.45) is -0.356. The minimum atomic E-state index is -0.868. The summed E-state index contributed by atoms with van der Waals surface area (Å²) in [5.74, 6) is -0.363. The second-order valence-corrected chi connectivity index (χ2v) is 3.49. The number of carbonyl (C=O) groups excluding carboxylic acids is 1. The van der Waals surface area contributed by atoms with Crippen molar-refractivity contribution in [3.63, 3.8) is 0 Å². The maximum absolute atomic E-state index is 13.1. The standard InChI is InChI=1S/C8H12FNO2.ClH/c1-12-8(11)6-4-2-5(9)7(6)10-3-4;/h4-7,10H,2-3H2,1H3;1H. The molecule has 1 aliphatic carbocycles. The number of hydrogen-bond donors (Lipinski definition) is 1. The molecule has 0 aromatic heterocycles. The molecule has 3 nitrogen and oxygen atoms in total. The second kappa shape index (κ2) is 3.80. The highest BCUT2D eigenvalue weighted by molar-refractivity contribution is 5.85. The number of alkyl halides is 1. The lowest BCUT2D eigenvalue weighted by Crippen LogP contribution is -2.37. The molecular weight excluding hydrogens is 197 g/mol. The van der Waals surface area contributed by atoms with E-state index in [0.717, 1.165) is 6.54 Å². The summed E-state index contributed by atoms with van der Waals surface area (Å²) in [5, 5.41) is 3.00. The third kappa shape index (κ3) is 1.53. The molecule has 76 valence electrons. The van der Waals surface area contributed by atoms with Gasteiger partial charge in [0.05, 0.1) is 19.1 Å². The van der Waals surface area contributed by atoms with Gasteiger partial charge in [-0.2, -0.15) is 0 Å². The van der Waals surface area contributed by atoms with Crippen molar-refractivity contribution in [1.82, 2.24) is 5.32 Å². The molecule has 0 amide bonds. The minimum Gasteiger partial charge on any atom is -0.469 e. The molecule has 1 saturated carbocycles. The molecule has 4 unspecified atom stereocenters. The zero-order valence-electron chi connectivity index (χ0n) is 7.33. The monoisotopic (exact) mass is 209 g/mol. The smallest absolute Gasteiger partial charge is 0.310 e. The van der Waals surface area contributed by atoms with Crippen molar-refractivity contribution >= 4 is 18.4 Å². The summed E-state index contributed by atoms with van der Waals surface area (Å²) in [4.78, 5) is 11.2. The van der Waals surface area contributed by atoms with E-state index < -0.39 is 6.17 Å². The Kier molecular flexibility index (Phi) is 3.14. The number of esters is 1. The fraction of sp³-hybridized carbons (Fsp3) is 0.875. The van der Waals surface area contributed by atoms with E-state index in [9.17, 15) is 9.18 Å². The highest BCUT2D eigenvalue weighted by Crippen LogP contribution is 2.39. The summed E-state index contributed by atoms with van der Waals surface area (Å²) in [5.41, 5.74) is 0. The molecule has 0 radical (unpaired) electrons. The topological polar surface area (TPSA) is 38.3 Å². The van der Waals surface area contributed by atoms with Crippen LogP contribution in [0, 0.1) is 11.8 Å². The van der Waals surface area contributed by atoms with E-state index in [1.807, 2.05) is 0 Å². The molecule has 2 aliphatic rings. The predicted molar refractivity (Wildman–Crippen MR) is 47.5 cm³/mol. The Bertz CT molecular complexity index is 214. The average molecular weight is 210 g/mol. The molecule has 0 aromatic rings. The van der Waals surface area contributed by atoms with Crippen molar-refractivity contribution in [1.29, 1.82) is 0 Å². The molecule has 2 fully saturated rings. The zero-order valence-corrected chi connectivity index (χ0v) is 8.14. The van der Waals surface area contributed by atoms with Gasteiger partial charge in [0.25, 0.3) is 0 Å². The average Bonchev–Trinajstić information content (AvgIpc) is 2.59. The summed E-state index contributed by atoms with van der Waals surface area (Å²) in [6.45, 7) is 0.755. The van der Waals surface area contributed by atoms with Crippen molar-refractivity contribution in [2.75, 3.05) is 13.7 Å². The SMILES string of the molecule is COC(=O)C1C2CNC1C(F)C2.Cl. The van der Waals surface area contributed by atoms with Gasteiger partial charge in [0.2, 0.25) is 0 Å². The van der Waals surface area contributed by atoms with E-state index in [1.165, 1.54) is 7.11 Å². The van der Waals surface area contributed by atoms with E-state index >= 15 is 0 Å². The highest BCUT2D eigenvalue weighted by Gasteiger charge is 2.52. The van der Waals surface area contributed by atoms with Crippen LogP contribution in [0.5, 0.6) is 0 Å². The Balaban J connectivity index is 0.000000845. The first-order valence-corrected chi connectivity index (χ1v) is 4.19. The van der Waals surface area contributed by atoms with Crippen LogP contribution < -0.4 is 5.32 Å². The number of hydrogen-bond acceptors (Lipinski definition) is 3. The minimum absolute atomic E-state index is 0. The summed E-state index contributed by atoms with van der Waals surface area (Å²) in [6, 6.07) is -0.289. The van der Waals surface area contributed by atoms with E-state index in [4.69, 9.17) is 0 Å². The van der Waals surface area contributed by atoms with Crippen LogP contribution in [0.4, 0.5) is 4.39 Å². The molecule has 1 N–H and O–H groups in total. The molecule has 0 aromatic carbocycles. The van der Waals surface area contributed by atoms with Gasteiger partial charge in [0.1, 0.15) is 6.17 Å². The first-order chi connectivity index (χ1) is 5.74. The fourth-order valence-electron chi connectivity index (χ4n) is 2.33. The number of halogens is 2. The van der Waals surface area contributed by atoms with Gasteiger partial charge in [-0.3, -0.25) is 4.79 Å². The largest absolute Gasteiger partial charge is 0.469 e. The van der Waals surface area contributed by atoms with Gasteiger partial charge in [0, 0.05) is 0 Å². The maximum atomic E-state index is 13.1. The van der Waals surface area contributed by atoms with E-state index in [-0.39, 0.29) is 36.3 Å². The maximum Gasteiger partial charge on any atom is 0.310 e. The third-order valence-corrected chi connectivity index (χ3v) is 2.90. The van der Waals surface area contributed by atoms with E-state index in [1.54, 1.807) is 0 Å². The zero-order chi connectivity index (χ0) is 8.72. The number of nitrogens with one attached hydrogen (secondary N) is 1. The van der Waals surface area contributed by atoms with Gasteiger partial charge in [-0.15, -0.1) is 12.4 Å². The normalized spacial score (nSPS) is 41.4. The summed E-state index contributed by atoms with van der Waals surface area (Å²) in [7, 11) is 1.35. The lowest BCUT2D eigenvalue weighted by Gasteiger charge is -2.14. The molecule has 2 bridgehead atoms. The number of methoxy groups -OCH3 is 1. The molecule has 13 heavy (non-hydrogen) atoms. The molecule has 1 heterocycles. The molecular formula is C8H13ClFNO2. The van der Waals surface area contributed by atoms with Gasteiger partial charge in [0.15, 0.2) is 0 Å². The summed E-state index contributed by atoms with van der Waals surface area (Å²) < 4.78 is 17.7. The van der Waals surface area contributed by atoms with E-state index in [2.05, 4.69) is 10.1 Å². The Morgan fingerprint density at radius 2 is 2.31 bits per heavy atom. The van der Waals surface area contributed by atoms with Gasteiger partial charge in [-0.05, 0) is 18.9 Å². The Labute approximate surface area is 82.4 Å². The molecule has 1 aliphatic heterocycles. The Morgan fingerprint density at radius 3 is 2.69 bits per heavy atom. The van der Waals surface area contributed by atoms with Crippen LogP contribution in [0.25, 0.3) is 0 Å². The van der Waals surface area contributed by atoms with Crippen molar-refractivity contribution < 1.29 is 13.9 Å². The number of piperidine rings is 1. The molecule has 0 spiro atoms. The Hall–Kier alpha value is -0.350. The van der Waals surface area contributed by atoms with Crippen molar-refractivity contribution in [3.05, 3.63) is 0 Å². The lowest BCUT2D eigenvalue weighted by atomic mass is 9.99. The van der Waals surface area contributed by atoms with Crippen molar-refractivity contribution in [2.45, 2.75) is 18.6 Å². The molecule has 2 rings (SSSR count). The first-order valence-electron chi connectivity index (χ1n) is 4.19. The number of fused-ring (bicyclic) bond motifs is 2. The third-order valence-electron chi connectivity index (χ3n) is 2.90. The number of ether oxygens (including phenoxy) is 1. The molecule has 1 saturated heterocycles. The van der Waals surface area contributed by atoms with Crippen LogP contribution in [-0.4, -0.2) is 31.8 Å². The molecule has 5 heteroatoms. The van der Waals surface area contributed by atoms with Gasteiger partial charge in [-0.1, -0.05) is 0 Å². The molecule has 4 atom stereocenters. The van der Waals surface area contributed by atoms with Crippen LogP contribution in [-0.2, 0) is 9.53 Å². The van der Waals surface area contributed by atoms with Crippen molar-refractivity contribution in [3.8, 4) is 0 Å². The number of rotatable bonds is 1. The van der Waals surface area contributed by atoms with Gasteiger partial charge in [-0.25, -0.2) is 4.39 Å². The van der Waals surface area contributed by atoms with Crippen LogP contribution in [0.15, 0.2) is 0 Å². The van der Waals surface area contributed by atoms with Crippen LogP contribution >= 0.6 is 12.4 Å². The highest BCUT2D eigenvalue weighted by atomic mass is 35.5. The van der Waals surface area contributed by atoms with Gasteiger partial charge < -0.3 is 10.1 Å². The lowest BCUT2D eigenvalue weighted by molar-refractivity contribution is -0.146. The van der Waals surface area contributed by atoms with Crippen LogP contribution in [0.3, 0.4) is 0 Å². The van der Waals surface area contributed by atoms with Gasteiger partial charge >= 0.3 is 5.97 Å². The first kappa shape index (κ1) is 10.7.